The van der Waals surface area contributed by atoms with Gasteiger partial charge in [0.05, 0.1) is 17.7 Å². The molecule has 2 aromatic heterocycles. The molecular weight excluding hydrogens is 364 g/mol. The second kappa shape index (κ2) is 7.99. The van der Waals surface area contributed by atoms with Crippen molar-refractivity contribution in [1.29, 1.82) is 0 Å². The molecule has 0 saturated carbocycles. The van der Waals surface area contributed by atoms with Crippen molar-refractivity contribution in [3.8, 4) is 11.3 Å². The summed E-state index contributed by atoms with van der Waals surface area (Å²) < 4.78 is 0. The largest absolute Gasteiger partial charge is 0.332 e. The summed E-state index contributed by atoms with van der Waals surface area (Å²) >= 11 is 0. The summed E-state index contributed by atoms with van der Waals surface area (Å²) in [6, 6.07) is 13.0. The number of hydrogen-bond donors (Lipinski definition) is 1. The summed E-state index contributed by atoms with van der Waals surface area (Å²) in [5.41, 5.74) is 3.30. The van der Waals surface area contributed by atoms with Gasteiger partial charge in [-0.1, -0.05) is 29.8 Å². The third-order valence-electron chi connectivity index (χ3n) is 5.52. The number of carbonyl (C=O) groups excluding carboxylic acids is 1. The lowest BCUT2D eigenvalue weighted by molar-refractivity contribution is -0.133. The Hall–Kier alpha value is -3.28. The predicted molar refractivity (Wildman–Crippen MR) is 111 cm³/mol. The van der Waals surface area contributed by atoms with Crippen LogP contribution in [0.25, 0.3) is 11.3 Å². The van der Waals surface area contributed by atoms with Gasteiger partial charge in [-0.15, -0.1) is 0 Å². The highest BCUT2D eigenvalue weighted by molar-refractivity contribution is 5.84. The Morgan fingerprint density at radius 3 is 2.76 bits per heavy atom. The predicted octanol–water partition coefficient (Wildman–Crippen LogP) is 3.61. The highest BCUT2D eigenvalue weighted by atomic mass is 16.2. The van der Waals surface area contributed by atoms with Crippen LogP contribution in [0, 0.1) is 6.92 Å². The van der Waals surface area contributed by atoms with Gasteiger partial charge in [0.1, 0.15) is 5.82 Å². The summed E-state index contributed by atoms with van der Waals surface area (Å²) in [5, 5.41) is 0. The number of amides is 1. The summed E-state index contributed by atoms with van der Waals surface area (Å²) in [6.45, 7) is 4.63. The Morgan fingerprint density at radius 1 is 1.24 bits per heavy atom. The zero-order valence-corrected chi connectivity index (χ0v) is 16.6. The van der Waals surface area contributed by atoms with E-state index in [1.807, 2.05) is 55.1 Å². The maximum Gasteiger partial charge on any atom is 0.251 e. The van der Waals surface area contributed by atoms with Gasteiger partial charge in [0.2, 0.25) is 5.91 Å². The monoisotopic (exact) mass is 388 g/mol. The Kier molecular flexibility index (Phi) is 5.25. The Labute approximate surface area is 169 Å². The van der Waals surface area contributed by atoms with E-state index in [9.17, 15) is 9.59 Å². The maximum atomic E-state index is 13.3. The molecule has 1 amide bonds. The zero-order chi connectivity index (χ0) is 20.4. The van der Waals surface area contributed by atoms with Crippen LogP contribution in [0.15, 0.2) is 59.7 Å². The summed E-state index contributed by atoms with van der Waals surface area (Å²) in [5.74, 6) is 0.355. The zero-order valence-electron chi connectivity index (χ0n) is 16.6. The molecular formula is C23H24N4O2. The molecule has 1 saturated heterocycles. The summed E-state index contributed by atoms with van der Waals surface area (Å²) in [7, 11) is 0. The average Bonchev–Trinajstić information content (AvgIpc) is 3.23. The first-order valence-electron chi connectivity index (χ1n) is 9.91. The number of likely N-dealkylation sites (tertiary alicyclic amines) is 1. The number of nitrogens with one attached hydrogen (secondary N) is 1. The number of nitrogens with zero attached hydrogens (tertiary/aromatic N) is 3. The van der Waals surface area contributed by atoms with Crippen LogP contribution in [-0.4, -0.2) is 32.3 Å². The van der Waals surface area contributed by atoms with Gasteiger partial charge in [0.15, 0.2) is 0 Å². The van der Waals surface area contributed by atoms with Crippen molar-refractivity contribution in [3.63, 3.8) is 0 Å². The van der Waals surface area contributed by atoms with Gasteiger partial charge >= 0.3 is 0 Å². The number of aryl methyl sites for hydroxylation is 1. The minimum Gasteiger partial charge on any atom is -0.332 e. The number of H-pyrrole nitrogens is 1. The number of hydrogen-bond acceptors (Lipinski definition) is 4. The number of pyridine rings is 1. The highest BCUT2D eigenvalue weighted by Gasteiger charge is 2.34. The first-order chi connectivity index (χ1) is 14.0. The van der Waals surface area contributed by atoms with Crippen LogP contribution in [0.5, 0.6) is 0 Å². The van der Waals surface area contributed by atoms with Gasteiger partial charge in [-0.25, -0.2) is 4.98 Å². The molecule has 2 atom stereocenters. The van der Waals surface area contributed by atoms with Crippen LogP contribution in [0.2, 0.25) is 0 Å². The second-order valence-corrected chi connectivity index (χ2v) is 7.58. The average molecular weight is 388 g/mol. The van der Waals surface area contributed by atoms with E-state index in [0.29, 0.717) is 18.1 Å². The SMILES string of the molecule is Cc1ccc([C@H](C)C(=O)N2CCC[C@H]2c2nc(-c3cccnc3)cc(=O)[nH]2)cc1. The maximum absolute atomic E-state index is 13.3. The van der Waals surface area contributed by atoms with Gasteiger partial charge in [-0.05, 0) is 44.4 Å². The van der Waals surface area contributed by atoms with Gasteiger partial charge in [-0.2, -0.15) is 0 Å². The molecule has 1 aliphatic rings. The van der Waals surface area contributed by atoms with Gasteiger partial charge in [-0.3, -0.25) is 14.6 Å². The number of rotatable bonds is 4. The van der Waals surface area contributed by atoms with E-state index in [0.717, 1.165) is 24.0 Å². The standard InChI is InChI=1S/C23H24N4O2/c1-15-7-9-17(10-8-15)16(2)23(29)27-12-4-6-20(27)22-25-19(13-21(28)26-22)18-5-3-11-24-14-18/h3,5,7-11,13-14,16,20H,4,6,12H2,1-2H3,(H,25,26,28)/t16-,20-/m0/s1. The molecule has 0 radical (unpaired) electrons. The molecule has 29 heavy (non-hydrogen) atoms. The number of benzene rings is 1. The normalized spacial score (nSPS) is 17.3. The lowest BCUT2D eigenvalue weighted by Crippen LogP contribution is -2.35. The fourth-order valence-corrected chi connectivity index (χ4v) is 3.86. The second-order valence-electron chi connectivity index (χ2n) is 7.58. The smallest absolute Gasteiger partial charge is 0.251 e. The Bertz CT molecular complexity index is 1060. The molecule has 1 aromatic carbocycles. The minimum atomic E-state index is -0.246. The fraction of sp³-hybridized carbons (Fsp3) is 0.304. The third kappa shape index (κ3) is 3.97. The molecule has 1 N–H and O–H groups in total. The van der Waals surface area contributed by atoms with Crippen molar-refractivity contribution in [1.82, 2.24) is 19.9 Å². The molecule has 0 aliphatic carbocycles. The molecule has 1 aliphatic heterocycles. The van der Waals surface area contributed by atoms with E-state index < -0.39 is 0 Å². The van der Waals surface area contributed by atoms with Crippen LogP contribution in [0.4, 0.5) is 0 Å². The lowest BCUT2D eigenvalue weighted by Gasteiger charge is -2.27. The third-order valence-corrected chi connectivity index (χ3v) is 5.52. The van der Waals surface area contributed by atoms with E-state index in [4.69, 9.17) is 0 Å². The van der Waals surface area contributed by atoms with Gasteiger partial charge in [0.25, 0.3) is 5.56 Å². The molecule has 0 spiro atoms. The molecule has 1 fully saturated rings. The van der Waals surface area contributed by atoms with E-state index in [-0.39, 0.29) is 23.4 Å². The topological polar surface area (TPSA) is 79.0 Å². The van der Waals surface area contributed by atoms with Crippen LogP contribution >= 0.6 is 0 Å². The van der Waals surface area contributed by atoms with E-state index >= 15 is 0 Å². The van der Waals surface area contributed by atoms with Crippen LogP contribution < -0.4 is 5.56 Å². The quantitative estimate of drug-likeness (QED) is 0.741. The van der Waals surface area contributed by atoms with Crippen LogP contribution in [0.3, 0.4) is 0 Å². The van der Waals surface area contributed by atoms with Crippen molar-refractivity contribution < 1.29 is 4.79 Å². The molecule has 0 unspecified atom stereocenters. The molecule has 6 nitrogen and oxygen atoms in total. The Morgan fingerprint density at radius 2 is 2.03 bits per heavy atom. The van der Waals surface area contributed by atoms with Gasteiger partial charge < -0.3 is 9.88 Å². The first-order valence-corrected chi connectivity index (χ1v) is 9.91. The first kappa shape index (κ1) is 19.1. The number of carbonyl (C=O) groups is 1. The number of aromatic amines is 1. The molecule has 148 valence electrons. The molecule has 6 heteroatoms. The van der Waals surface area contributed by atoms with Gasteiger partial charge in [0, 0.05) is 30.6 Å². The van der Waals surface area contributed by atoms with E-state index in [1.54, 1.807) is 12.4 Å². The van der Waals surface area contributed by atoms with E-state index in [1.165, 1.54) is 11.6 Å². The lowest BCUT2D eigenvalue weighted by atomic mass is 9.98. The van der Waals surface area contributed by atoms with Crippen molar-refractivity contribution in [2.24, 2.45) is 0 Å². The number of aromatic nitrogens is 3. The minimum absolute atomic E-state index is 0.0609. The van der Waals surface area contributed by atoms with Crippen molar-refractivity contribution >= 4 is 5.91 Å². The molecule has 0 bridgehead atoms. The highest BCUT2D eigenvalue weighted by Crippen LogP contribution is 2.33. The van der Waals surface area contributed by atoms with Crippen LogP contribution in [0.1, 0.15) is 48.7 Å². The van der Waals surface area contributed by atoms with Crippen molar-refractivity contribution in [3.05, 3.63) is 82.2 Å². The Balaban J connectivity index is 1.63. The summed E-state index contributed by atoms with van der Waals surface area (Å²) in [4.78, 5) is 39.0. The van der Waals surface area contributed by atoms with Crippen LogP contribution in [-0.2, 0) is 4.79 Å². The van der Waals surface area contributed by atoms with Crippen molar-refractivity contribution in [2.45, 2.75) is 38.6 Å². The molecule has 3 heterocycles. The van der Waals surface area contributed by atoms with Crippen molar-refractivity contribution in [2.75, 3.05) is 6.54 Å². The van der Waals surface area contributed by atoms with E-state index in [2.05, 4.69) is 15.0 Å². The fourth-order valence-electron chi connectivity index (χ4n) is 3.86. The summed E-state index contributed by atoms with van der Waals surface area (Å²) in [6.07, 6.45) is 5.04. The molecule has 3 aromatic rings. The molecule has 4 rings (SSSR count).